The van der Waals surface area contributed by atoms with Gasteiger partial charge in [-0.3, -0.25) is 4.99 Å². The van der Waals surface area contributed by atoms with E-state index in [1.165, 1.54) is 12.8 Å². The zero-order chi connectivity index (χ0) is 5.66. The molecule has 1 heterocycles. The molecule has 0 aromatic heterocycles. The van der Waals surface area contributed by atoms with E-state index in [0.717, 1.165) is 19.6 Å². The van der Waals surface area contributed by atoms with Gasteiger partial charge in [0.2, 0.25) is 0 Å². The van der Waals surface area contributed by atoms with Crippen molar-refractivity contribution in [1.82, 2.24) is 5.32 Å². The molecule has 0 atom stereocenters. The summed E-state index contributed by atoms with van der Waals surface area (Å²) in [6.07, 6.45) is 4.47. The third-order valence-electron chi connectivity index (χ3n) is 1.26. The molecular formula is C6H12N2. The second-order valence-electron chi connectivity index (χ2n) is 2.00. The molecule has 0 spiro atoms. The monoisotopic (exact) mass is 112 g/mol. The minimum atomic E-state index is 0.958. The lowest BCUT2D eigenvalue weighted by atomic mass is 10.3. The quantitative estimate of drug-likeness (QED) is 0.483. The lowest BCUT2D eigenvalue weighted by molar-refractivity contribution is 0.657. The Morgan fingerprint density at radius 3 is 3.38 bits per heavy atom. The molecule has 2 heteroatoms. The Labute approximate surface area is 50.0 Å². The van der Waals surface area contributed by atoms with Gasteiger partial charge >= 0.3 is 0 Å². The molecule has 0 amide bonds. The van der Waals surface area contributed by atoms with Gasteiger partial charge in [-0.15, -0.1) is 0 Å². The van der Waals surface area contributed by atoms with Crippen LogP contribution in [-0.4, -0.2) is 25.8 Å². The van der Waals surface area contributed by atoms with Gasteiger partial charge in [0.25, 0.3) is 0 Å². The van der Waals surface area contributed by atoms with Crippen LogP contribution in [-0.2, 0) is 0 Å². The molecule has 0 saturated carbocycles. The maximum absolute atomic E-state index is 4.14. The van der Waals surface area contributed by atoms with Crippen LogP contribution in [0.5, 0.6) is 0 Å². The standard InChI is InChI=1S/C6H12N2/c1-2-4-8-6-5-7-3-1/h5,8H,1-4,6H2/b7-5-. The summed E-state index contributed by atoms with van der Waals surface area (Å²) in [5, 5.41) is 3.24. The molecule has 0 aromatic rings. The molecule has 0 aromatic carbocycles. The average Bonchev–Trinajstić information content (AvgIpc) is 1.62. The van der Waals surface area contributed by atoms with Crippen molar-refractivity contribution in [3.63, 3.8) is 0 Å². The zero-order valence-corrected chi connectivity index (χ0v) is 5.06. The highest BCUT2D eigenvalue weighted by molar-refractivity contribution is 5.59. The van der Waals surface area contributed by atoms with Crippen molar-refractivity contribution in [2.75, 3.05) is 19.6 Å². The summed E-state index contributed by atoms with van der Waals surface area (Å²) in [4.78, 5) is 4.14. The topological polar surface area (TPSA) is 24.4 Å². The summed E-state index contributed by atoms with van der Waals surface area (Å²) >= 11 is 0. The van der Waals surface area contributed by atoms with E-state index in [-0.39, 0.29) is 0 Å². The fourth-order valence-electron chi connectivity index (χ4n) is 0.776. The summed E-state index contributed by atoms with van der Waals surface area (Å²) < 4.78 is 0. The van der Waals surface area contributed by atoms with Crippen LogP contribution in [0.25, 0.3) is 0 Å². The van der Waals surface area contributed by atoms with Crippen molar-refractivity contribution in [3.05, 3.63) is 0 Å². The van der Waals surface area contributed by atoms with Gasteiger partial charge in [0.05, 0.1) is 0 Å². The van der Waals surface area contributed by atoms with Crippen molar-refractivity contribution in [3.8, 4) is 0 Å². The Morgan fingerprint density at radius 1 is 1.38 bits per heavy atom. The maximum Gasteiger partial charge on any atom is 0.0386 e. The molecule has 0 fully saturated rings. The largest absolute Gasteiger partial charge is 0.312 e. The first-order valence-corrected chi connectivity index (χ1v) is 3.19. The van der Waals surface area contributed by atoms with E-state index in [0.29, 0.717) is 0 Å². The lowest BCUT2D eigenvalue weighted by Gasteiger charge is -2.02. The summed E-state index contributed by atoms with van der Waals surface area (Å²) in [5.41, 5.74) is 0. The van der Waals surface area contributed by atoms with Crippen LogP contribution < -0.4 is 5.32 Å². The second kappa shape index (κ2) is 3.61. The minimum absolute atomic E-state index is 0.958. The molecule has 0 aliphatic carbocycles. The van der Waals surface area contributed by atoms with E-state index in [1.54, 1.807) is 0 Å². The fraction of sp³-hybridized carbons (Fsp3) is 0.833. The van der Waals surface area contributed by atoms with Gasteiger partial charge < -0.3 is 5.32 Å². The molecule has 1 rings (SSSR count). The van der Waals surface area contributed by atoms with E-state index >= 15 is 0 Å². The van der Waals surface area contributed by atoms with Crippen LogP contribution in [0.3, 0.4) is 0 Å². The number of rotatable bonds is 0. The van der Waals surface area contributed by atoms with Crippen LogP contribution in [0, 0.1) is 0 Å². The lowest BCUT2D eigenvalue weighted by Crippen LogP contribution is -2.19. The van der Waals surface area contributed by atoms with Crippen molar-refractivity contribution >= 4 is 6.21 Å². The van der Waals surface area contributed by atoms with Gasteiger partial charge in [-0.05, 0) is 19.4 Å². The van der Waals surface area contributed by atoms with Crippen molar-refractivity contribution in [2.45, 2.75) is 12.8 Å². The third-order valence-corrected chi connectivity index (χ3v) is 1.26. The van der Waals surface area contributed by atoms with Crippen LogP contribution in [0.1, 0.15) is 12.8 Å². The molecule has 0 bridgehead atoms. The molecule has 1 N–H and O–H groups in total. The number of hydrogen-bond donors (Lipinski definition) is 1. The van der Waals surface area contributed by atoms with Gasteiger partial charge in [0, 0.05) is 19.3 Å². The first kappa shape index (κ1) is 5.76. The molecule has 1 aliphatic heterocycles. The molecule has 1 aliphatic rings. The summed E-state index contributed by atoms with van der Waals surface area (Å²) in [6, 6.07) is 0. The minimum Gasteiger partial charge on any atom is -0.312 e. The average molecular weight is 112 g/mol. The summed E-state index contributed by atoms with van der Waals surface area (Å²) in [6.45, 7) is 3.15. The smallest absolute Gasteiger partial charge is 0.0386 e. The molecular weight excluding hydrogens is 100 g/mol. The van der Waals surface area contributed by atoms with Crippen LogP contribution in [0.2, 0.25) is 0 Å². The van der Waals surface area contributed by atoms with Gasteiger partial charge in [0.15, 0.2) is 0 Å². The van der Waals surface area contributed by atoms with Crippen molar-refractivity contribution in [1.29, 1.82) is 0 Å². The summed E-state index contributed by atoms with van der Waals surface area (Å²) in [5.74, 6) is 0. The Bertz CT molecular complexity index is 68.6. The Kier molecular flexibility index (Phi) is 2.60. The van der Waals surface area contributed by atoms with Crippen LogP contribution in [0.4, 0.5) is 0 Å². The highest BCUT2D eigenvalue weighted by Gasteiger charge is 1.88. The summed E-state index contributed by atoms with van der Waals surface area (Å²) in [7, 11) is 0. The van der Waals surface area contributed by atoms with Gasteiger partial charge in [0.1, 0.15) is 0 Å². The molecule has 46 valence electrons. The van der Waals surface area contributed by atoms with Crippen LogP contribution in [0.15, 0.2) is 4.99 Å². The first-order chi connectivity index (χ1) is 4.00. The Hall–Kier alpha value is -0.370. The van der Waals surface area contributed by atoms with E-state index in [4.69, 9.17) is 0 Å². The second-order valence-corrected chi connectivity index (χ2v) is 2.00. The highest BCUT2D eigenvalue weighted by Crippen LogP contribution is 1.88. The van der Waals surface area contributed by atoms with E-state index in [1.807, 2.05) is 6.21 Å². The SMILES string of the molecule is C1=N\CCCCNC/1. The maximum atomic E-state index is 4.14. The Morgan fingerprint density at radius 2 is 2.38 bits per heavy atom. The van der Waals surface area contributed by atoms with Gasteiger partial charge in [-0.1, -0.05) is 0 Å². The third kappa shape index (κ3) is 2.07. The number of nitrogens with zero attached hydrogens (tertiary/aromatic N) is 1. The predicted molar refractivity (Wildman–Crippen MR) is 35.5 cm³/mol. The van der Waals surface area contributed by atoms with E-state index in [2.05, 4.69) is 10.3 Å². The van der Waals surface area contributed by atoms with E-state index < -0.39 is 0 Å². The molecule has 0 unspecified atom stereocenters. The van der Waals surface area contributed by atoms with Crippen LogP contribution >= 0.6 is 0 Å². The molecule has 8 heavy (non-hydrogen) atoms. The van der Waals surface area contributed by atoms with E-state index in [9.17, 15) is 0 Å². The molecule has 0 radical (unpaired) electrons. The van der Waals surface area contributed by atoms with Crippen molar-refractivity contribution in [2.24, 2.45) is 4.99 Å². The number of hydrogen-bond acceptors (Lipinski definition) is 2. The Balaban J connectivity index is 2.17. The highest BCUT2D eigenvalue weighted by atomic mass is 14.9. The number of aliphatic imine (C=N–C) groups is 1. The van der Waals surface area contributed by atoms with Gasteiger partial charge in [-0.25, -0.2) is 0 Å². The van der Waals surface area contributed by atoms with Crippen molar-refractivity contribution < 1.29 is 0 Å². The zero-order valence-electron chi connectivity index (χ0n) is 5.06. The number of nitrogens with one attached hydrogen (secondary N) is 1. The normalized spacial score (nSPS) is 26.0. The molecule has 2 nitrogen and oxygen atoms in total. The predicted octanol–water partition coefficient (Wildman–Crippen LogP) is 0.441. The van der Waals surface area contributed by atoms with Gasteiger partial charge in [-0.2, -0.15) is 0 Å². The fourth-order valence-corrected chi connectivity index (χ4v) is 0.776. The molecule has 0 saturated heterocycles. The first-order valence-electron chi connectivity index (χ1n) is 3.19.